The Morgan fingerprint density at radius 1 is 1.38 bits per heavy atom. The molecule has 0 aromatic carbocycles. The molecule has 148 valence electrons. The third-order valence-corrected chi connectivity index (χ3v) is 6.18. The summed E-state index contributed by atoms with van der Waals surface area (Å²) < 4.78 is 27.2. The summed E-state index contributed by atoms with van der Waals surface area (Å²) in [5.74, 6) is 0. The molecule has 26 heavy (non-hydrogen) atoms. The van der Waals surface area contributed by atoms with Gasteiger partial charge >= 0.3 is 6.03 Å². The minimum atomic E-state index is -3.18. The van der Waals surface area contributed by atoms with E-state index in [0.29, 0.717) is 32.6 Å². The number of aromatic nitrogens is 2. The van der Waals surface area contributed by atoms with E-state index in [1.165, 1.54) is 6.26 Å². The number of carbonyl (C=O) groups excluding carboxylic acids is 1. The molecule has 1 atom stereocenters. The second kappa shape index (κ2) is 8.85. The summed E-state index contributed by atoms with van der Waals surface area (Å²) in [6, 6.07) is 1.85. The fraction of sp³-hybridized carbons (Fsp3) is 0.765. The maximum atomic E-state index is 12.2. The molecule has 0 spiro atoms. The fourth-order valence-electron chi connectivity index (χ4n) is 3.43. The number of piperidine rings is 1. The van der Waals surface area contributed by atoms with Crippen LogP contribution in [0.15, 0.2) is 6.07 Å². The molecular weight excluding hydrogens is 354 g/mol. The van der Waals surface area contributed by atoms with Gasteiger partial charge in [0.1, 0.15) is 0 Å². The molecule has 2 rings (SSSR count). The van der Waals surface area contributed by atoms with E-state index in [0.717, 1.165) is 30.7 Å². The van der Waals surface area contributed by atoms with Gasteiger partial charge in [-0.2, -0.15) is 9.40 Å². The largest absolute Gasteiger partial charge is 0.338 e. The van der Waals surface area contributed by atoms with E-state index < -0.39 is 10.0 Å². The van der Waals surface area contributed by atoms with Gasteiger partial charge in [0.05, 0.1) is 18.5 Å². The van der Waals surface area contributed by atoms with Crippen LogP contribution in [-0.2, 0) is 16.6 Å². The summed E-state index contributed by atoms with van der Waals surface area (Å²) in [4.78, 5) is 13.9. The van der Waals surface area contributed by atoms with Gasteiger partial charge in [-0.1, -0.05) is 6.42 Å². The van der Waals surface area contributed by atoms with Crippen molar-refractivity contribution in [3.8, 4) is 0 Å². The third kappa shape index (κ3) is 5.70. The Bertz CT molecular complexity index is 716. The molecule has 1 aromatic heterocycles. The second-order valence-corrected chi connectivity index (χ2v) is 9.05. The lowest BCUT2D eigenvalue weighted by Crippen LogP contribution is -2.46. The van der Waals surface area contributed by atoms with Gasteiger partial charge < -0.3 is 10.2 Å². The van der Waals surface area contributed by atoms with Gasteiger partial charge in [-0.25, -0.2) is 13.2 Å². The van der Waals surface area contributed by atoms with E-state index in [4.69, 9.17) is 0 Å². The highest BCUT2D eigenvalue weighted by Gasteiger charge is 2.28. The fourth-order valence-corrected chi connectivity index (χ4v) is 4.64. The van der Waals surface area contributed by atoms with Gasteiger partial charge in [-0.3, -0.25) is 4.68 Å². The predicted octanol–water partition coefficient (Wildman–Crippen LogP) is 1.35. The molecule has 2 amide bonds. The topological polar surface area (TPSA) is 87.5 Å². The van der Waals surface area contributed by atoms with Crippen LogP contribution in [0.25, 0.3) is 0 Å². The Hall–Kier alpha value is -1.61. The number of amides is 2. The van der Waals surface area contributed by atoms with Gasteiger partial charge in [0.15, 0.2) is 0 Å². The number of carbonyl (C=O) groups is 1. The molecule has 1 aliphatic heterocycles. The van der Waals surface area contributed by atoms with Crippen molar-refractivity contribution >= 4 is 16.1 Å². The third-order valence-electron chi connectivity index (χ3n) is 4.85. The highest BCUT2D eigenvalue weighted by atomic mass is 32.2. The van der Waals surface area contributed by atoms with Crippen molar-refractivity contribution in [1.82, 2.24) is 24.3 Å². The van der Waals surface area contributed by atoms with E-state index in [2.05, 4.69) is 10.4 Å². The monoisotopic (exact) mass is 385 g/mol. The average molecular weight is 386 g/mol. The Labute approximate surface area is 156 Å². The van der Waals surface area contributed by atoms with E-state index in [9.17, 15) is 13.2 Å². The Morgan fingerprint density at radius 2 is 2.12 bits per heavy atom. The SMILES string of the molecule is Cc1cc(C)n(CCN(C)C(=O)NCCC2CCCCN2S(C)(=O)=O)n1. The number of likely N-dealkylation sites (N-methyl/N-ethyl adjacent to an activating group) is 1. The number of aryl methyl sites for hydroxylation is 2. The minimum absolute atomic E-state index is 0.0148. The molecular formula is C17H31N5O3S. The van der Waals surface area contributed by atoms with Crippen molar-refractivity contribution in [3.63, 3.8) is 0 Å². The maximum absolute atomic E-state index is 12.2. The quantitative estimate of drug-likeness (QED) is 0.767. The van der Waals surface area contributed by atoms with Crippen molar-refractivity contribution in [2.45, 2.75) is 52.1 Å². The van der Waals surface area contributed by atoms with Crippen molar-refractivity contribution in [1.29, 1.82) is 0 Å². The van der Waals surface area contributed by atoms with Crippen LogP contribution in [0.5, 0.6) is 0 Å². The number of hydrogen-bond acceptors (Lipinski definition) is 4. The summed E-state index contributed by atoms with van der Waals surface area (Å²) in [5, 5.41) is 7.29. The van der Waals surface area contributed by atoms with Gasteiger partial charge in [0, 0.05) is 38.4 Å². The molecule has 0 saturated carbocycles. The standard InChI is InChI=1S/C17H31N5O3S/c1-14-13-15(2)21(19-14)12-11-20(3)17(23)18-9-8-16-7-5-6-10-22(16)26(4,24)25/h13,16H,5-12H2,1-4H3,(H,18,23). The van der Waals surface area contributed by atoms with Crippen LogP contribution in [0, 0.1) is 13.8 Å². The van der Waals surface area contributed by atoms with Crippen molar-refractivity contribution in [2.75, 3.05) is 32.9 Å². The lowest BCUT2D eigenvalue weighted by atomic mass is 10.0. The van der Waals surface area contributed by atoms with Gasteiger partial charge in [0.2, 0.25) is 10.0 Å². The van der Waals surface area contributed by atoms with Crippen LogP contribution in [0.3, 0.4) is 0 Å². The zero-order valence-electron chi connectivity index (χ0n) is 16.2. The number of nitrogens with one attached hydrogen (secondary N) is 1. The first-order valence-electron chi connectivity index (χ1n) is 9.15. The molecule has 1 saturated heterocycles. The van der Waals surface area contributed by atoms with E-state index in [1.54, 1.807) is 16.3 Å². The highest BCUT2D eigenvalue weighted by molar-refractivity contribution is 7.88. The molecule has 0 radical (unpaired) electrons. The van der Waals surface area contributed by atoms with E-state index >= 15 is 0 Å². The summed E-state index contributed by atoms with van der Waals surface area (Å²) >= 11 is 0. The smallest absolute Gasteiger partial charge is 0.317 e. The predicted molar refractivity (Wildman–Crippen MR) is 102 cm³/mol. The van der Waals surface area contributed by atoms with Crippen molar-refractivity contribution in [3.05, 3.63) is 17.5 Å². The first-order chi connectivity index (χ1) is 12.2. The van der Waals surface area contributed by atoms with Gasteiger partial charge in [0.25, 0.3) is 0 Å². The number of rotatable bonds is 7. The lowest BCUT2D eigenvalue weighted by molar-refractivity contribution is 0.202. The number of hydrogen-bond donors (Lipinski definition) is 1. The maximum Gasteiger partial charge on any atom is 0.317 e. The molecule has 0 bridgehead atoms. The van der Waals surface area contributed by atoms with E-state index in [1.807, 2.05) is 24.6 Å². The number of urea groups is 1. The Morgan fingerprint density at radius 3 is 2.73 bits per heavy atom. The summed E-state index contributed by atoms with van der Waals surface area (Å²) in [6.07, 6.45) is 4.70. The summed E-state index contributed by atoms with van der Waals surface area (Å²) in [6.45, 7) is 6.21. The van der Waals surface area contributed by atoms with Crippen LogP contribution in [0.2, 0.25) is 0 Å². The summed E-state index contributed by atoms with van der Waals surface area (Å²) in [5.41, 5.74) is 2.05. The average Bonchev–Trinajstić information content (AvgIpc) is 2.89. The highest BCUT2D eigenvalue weighted by Crippen LogP contribution is 2.21. The van der Waals surface area contributed by atoms with Crippen molar-refractivity contribution < 1.29 is 13.2 Å². The molecule has 1 unspecified atom stereocenters. The molecule has 1 aromatic rings. The zero-order chi connectivity index (χ0) is 19.3. The molecule has 1 N–H and O–H groups in total. The minimum Gasteiger partial charge on any atom is -0.338 e. The van der Waals surface area contributed by atoms with Crippen LogP contribution >= 0.6 is 0 Å². The number of sulfonamides is 1. The molecule has 1 fully saturated rings. The van der Waals surface area contributed by atoms with Gasteiger partial charge in [-0.15, -0.1) is 0 Å². The van der Waals surface area contributed by atoms with Crippen LogP contribution in [-0.4, -0.2) is 72.4 Å². The van der Waals surface area contributed by atoms with Crippen molar-refractivity contribution in [2.24, 2.45) is 0 Å². The van der Waals surface area contributed by atoms with Crippen LogP contribution in [0.1, 0.15) is 37.1 Å². The second-order valence-electron chi connectivity index (χ2n) is 7.12. The molecule has 2 heterocycles. The van der Waals surface area contributed by atoms with Gasteiger partial charge in [-0.05, 0) is 39.2 Å². The Balaban J connectivity index is 1.76. The van der Waals surface area contributed by atoms with Crippen LogP contribution < -0.4 is 5.32 Å². The first-order valence-corrected chi connectivity index (χ1v) is 11.0. The summed E-state index contributed by atoms with van der Waals surface area (Å²) in [7, 11) is -1.43. The first kappa shape index (κ1) is 20.7. The van der Waals surface area contributed by atoms with Crippen LogP contribution in [0.4, 0.5) is 4.79 Å². The lowest BCUT2D eigenvalue weighted by Gasteiger charge is -2.33. The molecule has 1 aliphatic rings. The number of nitrogens with zero attached hydrogens (tertiary/aromatic N) is 4. The molecule has 8 nitrogen and oxygen atoms in total. The normalized spacial score (nSPS) is 18.7. The zero-order valence-corrected chi connectivity index (χ0v) is 17.0. The van der Waals surface area contributed by atoms with E-state index in [-0.39, 0.29) is 12.1 Å². The molecule has 9 heteroatoms. The molecule has 0 aliphatic carbocycles. The Kier molecular flexibility index (Phi) is 7.05.